The number of carbonyl (C=O) groups is 2. The molecule has 0 aliphatic heterocycles. The third-order valence-corrected chi connectivity index (χ3v) is 5.83. The second-order valence-electron chi connectivity index (χ2n) is 6.93. The van der Waals surface area contributed by atoms with Crippen LogP contribution < -0.4 is 10.1 Å². The average Bonchev–Trinajstić information content (AvgIpc) is 2.79. The fourth-order valence-electron chi connectivity index (χ4n) is 3.41. The van der Waals surface area contributed by atoms with Crippen molar-refractivity contribution in [2.45, 2.75) is 25.9 Å². The first kappa shape index (κ1) is 21.8. The Kier molecular flexibility index (Phi) is 7.46. The van der Waals surface area contributed by atoms with Gasteiger partial charge in [-0.25, -0.2) is 0 Å². The molecule has 0 aromatic heterocycles. The van der Waals surface area contributed by atoms with E-state index < -0.39 is 6.04 Å². The quantitative estimate of drug-likeness (QED) is 0.527. The van der Waals surface area contributed by atoms with E-state index >= 15 is 0 Å². The summed E-state index contributed by atoms with van der Waals surface area (Å²) in [5, 5.41) is 4.76. The number of carbonyl (C=O) groups excluding carboxylic acids is 2. The number of likely N-dealkylation sites (N-methyl/N-ethyl adjacent to an activating group) is 1. The number of rotatable bonds is 8. The lowest BCUT2D eigenvalue weighted by Gasteiger charge is -2.30. The number of nitrogens with one attached hydrogen (secondary N) is 1. The predicted molar refractivity (Wildman–Crippen MR) is 122 cm³/mol. The van der Waals surface area contributed by atoms with Crippen molar-refractivity contribution < 1.29 is 14.3 Å². The van der Waals surface area contributed by atoms with Crippen molar-refractivity contribution in [1.29, 1.82) is 0 Å². The molecule has 0 saturated heterocycles. The maximum atomic E-state index is 13.1. The minimum Gasteiger partial charge on any atom is -0.483 e. The molecule has 0 aliphatic carbocycles. The molecule has 2 amide bonds. The largest absolute Gasteiger partial charge is 0.483 e. The number of nitrogens with zero attached hydrogens (tertiary/aromatic N) is 1. The van der Waals surface area contributed by atoms with Gasteiger partial charge < -0.3 is 15.0 Å². The van der Waals surface area contributed by atoms with Crippen LogP contribution in [0.1, 0.15) is 18.9 Å². The van der Waals surface area contributed by atoms with Crippen LogP contribution in [0, 0.1) is 0 Å². The molecule has 30 heavy (non-hydrogen) atoms. The van der Waals surface area contributed by atoms with Crippen molar-refractivity contribution in [2.75, 3.05) is 13.7 Å². The van der Waals surface area contributed by atoms with Crippen LogP contribution in [0.25, 0.3) is 10.8 Å². The molecular weight excluding hydrogens is 444 g/mol. The van der Waals surface area contributed by atoms with Gasteiger partial charge in [0.05, 0.1) is 4.47 Å². The van der Waals surface area contributed by atoms with Crippen LogP contribution in [0.15, 0.2) is 71.2 Å². The fraction of sp³-hybridized carbons (Fsp3) is 0.250. The van der Waals surface area contributed by atoms with Crippen molar-refractivity contribution in [3.05, 3.63) is 76.8 Å². The maximum Gasteiger partial charge on any atom is 0.261 e. The van der Waals surface area contributed by atoms with Gasteiger partial charge in [0.15, 0.2) is 6.61 Å². The SMILES string of the molecule is CCC(C(=O)NC)N(Cc1ccccc1)C(=O)COc1ccc2ccccc2c1Br. The van der Waals surface area contributed by atoms with E-state index in [1.807, 2.05) is 73.7 Å². The molecule has 0 heterocycles. The number of amides is 2. The Morgan fingerprint density at radius 2 is 1.73 bits per heavy atom. The van der Waals surface area contributed by atoms with Crippen LogP contribution in [0.4, 0.5) is 0 Å². The summed E-state index contributed by atoms with van der Waals surface area (Å²) < 4.78 is 6.67. The highest BCUT2D eigenvalue weighted by Gasteiger charge is 2.28. The highest BCUT2D eigenvalue weighted by molar-refractivity contribution is 9.10. The second-order valence-corrected chi connectivity index (χ2v) is 7.73. The van der Waals surface area contributed by atoms with E-state index in [0.29, 0.717) is 18.7 Å². The molecule has 0 bridgehead atoms. The lowest BCUT2D eigenvalue weighted by atomic mass is 10.1. The van der Waals surface area contributed by atoms with Crippen molar-refractivity contribution in [3.8, 4) is 5.75 Å². The first-order valence-electron chi connectivity index (χ1n) is 9.90. The summed E-state index contributed by atoms with van der Waals surface area (Å²) >= 11 is 3.59. The number of halogens is 1. The second kappa shape index (κ2) is 10.3. The summed E-state index contributed by atoms with van der Waals surface area (Å²) in [5.41, 5.74) is 0.958. The van der Waals surface area contributed by atoms with Crippen LogP contribution in [-0.2, 0) is 16.1 Å². The Morgan fingerprint density at radius 3 is 2.43 bits per heavy atom. The molecule has 1 atom stereocenters. The van der Waals surface area contributed by atoms with Crippen LogP contribution in [0.2, 0.25) is 0 Å². The summed E-state index contributed by atoms with van der Waals surface area (Å²) in [6.45, 7) is 2.08. The third-order valence-electron chi connectivity index (χ3n) is 5.01. The molecule has 0 spiro atoms. The number of hydrogen-bond acceptors (Lipinski definition) is 3. The standard InChI is InChI=1S/C24H25BrN2O3/c1-3-20(24(29)26-2)27(15-17-9-5-4-6-10-17)22(28)16-30-21-14-13-18-11-7-8-12-19(18)23(21)25/h4-14,20H,3,15-16H2,1-2H3,(H,26,29). The highest BCUT2D eigenvalue weighted by Crippen LogP contribution is 2.33. The van der Waals surface area contributed by atoms with Crippen molar-refractivity contribution >= 4 is 38.5 Å². The topological polar surface area (TPSA) is 58.6 Å². The van der Waals surface area contributed by atoms with Crippen LogP contribution in [0.3, 0.4) is 0 Å². The average molecular weight is 469 g/mol. The van der Waals surface area contributed by atoms with Gasteiger partial charge in [-0.3, -0.25) is 9.59 Å². The van der Waals surface area contributed by atoms with E-state index in [1.165, 1.54) is 0 Å². The van der Waals surface area contributed by atoms with Crippen molar-refractivity contribution in [1.82, 2.24) is 10.2 Å². The Bertz CT molecular complexity index is 1020. The van der Waals surface area contributed by atoms with Crippen LogP contribution in [0.5, 0.6) is 5.75 Å². The van der Waals surface area contributed by atoms with Gasteiger partial charge in [0.25, 0.3) is 5.91 Å². The molecule has 0 fully saturated rings. The summed E-state index contributed by atoms with van der Waals surface area (Å²) in [7, 11) is 1.58. The van der Waals surface area contributed by atoms with Crippen LogP contribution in [-0.4, -0.2) is 36.4 Å². The molecule has 0 saturated carbocycles. The molecule has 3 rings (SSSR count). The zero-order valence-electron chi connectivity index (χ0n) is 17.1. The van der Waals surface area contributed by atoms with Crippen LogP contribution >= 0.6 is 15.9 Å². The third kappa shape index (κ3) is 5.00. The monoisotopic (exact) mass is 468 g/mol. The van der Waals surface area contributed by atoms with E-state index in [9.17, 15) is 9.59 Å². The number of benzene rings is 3. The van der Waals surface area contributed by atoms with E-state index in [-0.39, 0.29) is 18.4 Å². The Morgan fingerprint density at radius 1 is 1.03 bits per heavy atom. The molecule has 3 aromatic rings. The minimum absolute atomic E-state index is 0.155. The molecule has 0 aliphatic rings. The lowest BCUT2D eigenvalue weighted by molar-refractivity contribution is -0.142. The summed E-state index contributed by atoms with van der Waals surface area (Å²) in [6.07, 6.45) is 0.512. The Balaban J connectivity index is 1.80. The molecule has 6 heteroatoms. The summed E-state index contributed by atoms with van der Waals surface area (Å²) in [6, 6.07) is 20.8. The normalized spacial score (nSPS) is 11.7. The number of fused-ring (bicyclic) bond motifs is 1. The smallest absolute Gasteiger partial charge is 0.261 e. The van der Waals surface area contributed by atoms with Gasteiger partial charge in [0.1, 0.15) is 11.8 Å². The van der Waals surface area contributed by atoms with Gasteiger partial charge in [-0.1, -0.05) is 67.6 Å². The van der Waals surface area contributed by atoms with Crippen molar-refractivity contribution in [2.24, 2.45) is 0 Å². The zero-order chi connectivity index (χ0) is 21.5. The molecular formula is C24H25BrN2O3. The van der Waals surface area contributed by atoms with E-state index in [0.717, 1.165) is 20.8 Å². The van der Waals surface area contributed by atoms with Gasteiger partial charge in [0, 0.05) is 13.6 Å². The number of ether oxygens (including phenoxy) is 1. The zero-order valence-corrected chi connectivity index (χ0v) is 18.7. The summed E-state index contributed by atoms with van der Waals surface area (Å²) in [4.78, 5) is 27.1. The molecule has 3 aromatic carbocycles. The maximum absolute atomic E-state index is 13.1. The predicted octanol–water partition coefficient (Wildman–Crippen LogP) is 4.53. The van der Waals surface area contributed by atoms with Gasteiger partial charge >= 0.3 is 0 Å². The van der Waals surface area contributed by atoms with Gasteiger partial charge in [0.2, 0.25) is 5.91 Å². The van der Waals surface area contributed by atoms with E-state index in [1.54, 1.807) is 11.9 Å². The molecule has 0 radical (unpaired) electrons. The minimum atomic E-state index is -0.564. The molecule has 156 valence electrons. The van der Waals surface area contributed by atoms with E-state index in [4.69, 9.17) is 4.74 Å². The molecule has 5 nitrogen and oxygen atoms in total. The fourth-order valence-corrected chi connectivity index (χ4v) is 4.02. The van der Waals surface area contributed by atoms with Gasteiger partial charge in [-0.2, -0.15) is 0 Å². The highest BCUT2D eigenvalue weighted by atomic mass is 79.9. The first-order valence-corrected chi connectivity index (χ1v) is 10.7. The molecule has 1 unspecified atom stereocenters. The summed E-state index contributed by atoms with van der Waals surface area (Å²) in [5.74, 6) is 0.165. The van der Waals surface area contributed by atoms with Crippen molar-refractivity contribution in [3.63, 3.8) is 0 Å². The van der Waals surface area contributed by atoms with Gasteiger partial charge in [-0.15, -0.1) is 0 Å². The Hall–Kier alpha value is -2.86. The molecule has 1 N–H and O–H groups in total. The van der Waals surface area contributed by atoms with Gasteiger partial charge in [-0.05, 0) is 44.8 Å². The Labute approximate surface area is 185 Å². The number of hydrogen-bond donors (Lipinski definition) is 1. The first-order chi connectivity index (χ1) is 14.5. The van der Waals surface area contributed by atoms with E-state index in [2.05, 4.69) is 21.2 Å². The lowest BCUT2D eigenvalue weighted by Crippen LogP contribution is -2.49.